The number of fused-ring (bicyclic) bond motifs is 2. The van der Waals surface area contributed by atoms with E-state index in [1.165, 1.54) is 66.9 Å². The summed E-state index contributed by atoms with van der Waals surface area (Å²) in [4.78, 5) is 0. The monoisotopic (exact) mass is 374 g/mol. The highest BCUT2D eigenvalue weighted by Crippen LogP contribution is 2.21. The van der Waals surface area contributed by atoms with Gasteiger partial charge in [-0.25, -0.2) is 0 Å². The highest BCUT2D eigenvalue weighted by molar-refractivity contribution is 5.26. The van der Waals surface area contributed by atoms with Gasteiger partial charge in [0.15, 0.2) is 0 Å². The number of hydrogen-bond donors (Lipinski definition) is 1. The fourth-order valence-corrected chi connectivity index (χ4v) is 3.20. The van der Waals surface area contributed by atoms with E-state index in [1.54, 1.807) is 0 Å². The smallest absolute Gasteiger partial charge is 0.0656 e. The average molecular weight is 375 g/mol. The molecule has 3 heterocycles. The summed E-state index contributed by atoms with van der Waals surface area (Å²) in [5, 5.41) is 11.8. The first-order chi connectivity index (χ1) is 12.9. The molecule has 27 heavy (non-hydrogen) atoms. The molecule has 2 aromatic heterocycles. The van der Waals surface area contributed by atoms with E-state index in [-0.39, 0.29) is 0 Å². The van der Waals surface area contributed by atoms with E-state index < -0.39 is 0 Å². The molecule has 4 nitrogen and oxygen atoms in total. The molecule has 0 atom stereocenters. The fraction of sp³-hybridized carbons (Fsp3) is 0.739. The molecule has 2 aromatic rings. The Balaban J connectivity index is 0.000000212. The maximum atomic E-state index is 4.51. The second kappa shape index (κ2) is 12.0. The SMILES string of the molecule is CC.CC(C)C.CC(C)c1cc2n(n1)CCC2.Cc1[nH]nc2c1CCCC2. The summed E-state index contributed by atoms with van der Waals surface area (Å²) in [6.07, 6.45) is 7.57. The third kappa shape index (κ3) is 7.51. The number of aromatic nitrogens is 4. The van der Waals surface area contributed by atoms with Crippen LogP contribution in [-0.2, 0) is 25.8 Å². The van der Waals surface area contributed by atoms with E-state index >= 15 is 0 Å². The van der Waals surface area contributed by atoms with Crippen LogP contribution in [0.4, 0.5) is 0 Å². The summed E-state index contributed by atoms with van der Waals surface area (Å²) in [5.41, 5.74) is 6.73. The number of nitrogens with zero attached hydrogens (tertiary/aromatic N) is 3. The molecule has 0 saturated carbocycles. The molecule has 4 heteroatoms. The van der Waals surface area contributed by atoms with Crippen molar-refractivity contribution >= 4 is 0 Å². The first-order valence-electron chi connectivity index (χ1n) is 11.0. The molecular formula is C23H42N4. The summed E-state index contributed by atoms with van der Waals surface area (Å²) in [6.45, 7) is 18.1. The molecular weight excluding hydrogens is 332 g/mol. The Morgan fingerprint density at radius 2 is 1.59 bits per heavy atom. The summed E-state index contributed by atoms with van der Waals surface area (Å²) in [6, 6.07) is 2.25. The zero-order valence-electron chi connectivity index (χ0n) is 19.0. The van der Waals surface area contributed by atoms with Crippen LogP contribution in [-0.4, -0.2) is 20.0 Å². The molecule has 0 aromatic carbocycles. The Bertz CT molecular complexity index is 625. The van der Waals surface area contributed by atoms with Crippen molar-refractivity contribution in [3.05, 3.63) is 34.4 Å². The molecule has 0 fully saturated rings. The van der Waals surface area contributed by atoms with Gasteiger partial charge in [-0.05, 0) is 68.9 Å². The van der Waals surface area contributed by atoms with Crippen LogP contribution in [0.2, 0.25) is 0 Å². The minimum atomic E-state index is 0.577. The van der Waals surface area contributed by atoms with Crippen LogP contribution in [0.1, 0.15) is 102 Å². The minimum absolute atomic E-state index is 0.577. The lowest BCUT2D eigenvalue weighted by Gasteiger charge is -2.08. The number of rotatable bonds is 1. The zero-order valence-corrected chi connectivity index (χ0v) is 19.0. The van der Waals surface area contributed by atoms with Gasteiger partial charge in [0.25, 0.3) is 0 Å². The van der Waals surface area contributed by atoms with Crippen LogP contribution in [0.15, 0.2) is 6.07 Å². The molecule has 1 aliphatic heterocycles. The van der Waals surface area contributed by atoms with E-state index in [0.717, 1.165) is 12.5 Å². The van der Waals surface area contributed by atoms with Gasteiger partial charge in [0.05, 0.1) is 11.4 Å². The second-order valence-corrected chi connectivity index (χ2v) is 8.25. The quantitative estimate of drug-likeness (QED) is 0.642. The molecule has 0 bridgehead atoms. The predicted octanol–water partition coefficient (Wildman–Crippen LogP) is 6.24. The lowest BCUT2D eigenvalue weighted by molar-refractivity contribution is 0.632. The van der Waals surface area contributed by atoms with Crippen molar-refractivity contribution in [2.45, 2.75) is 106 Å². The highest BCUT2D eigenvalue weighted by atomic mass is 15.3. The average Bonchev–Trinajstić information content (AvgIpc) is 3.32. The van der Waals surface area contributed by atoms with Crippen LogP contribution in [0.3, 0.4) is 0 Å². The van der Waals surface area contributed by atoms with E-state index in [4.69, 9.17) is 0 Å². The van der Waals surface area contributed by atoms with E-state index in [1.807, 2.05) is 13.8 Å². The minimum Gasteiger partial charge on any atom is -0.282 e. The highest BCUT2D eigenvalue weighted by Gasteiger charge is 2.14. The molecule has 0 saturated heterocycles. The molecule has 0 amide bonds. The Morgan fingerprint density at radius 3 is 2.15 bits per heavy atom. The number of hydrogen-bond acceptors (Lipinski definition) is 2. The van der Waals surface area contributed by atoms with Gasteiger partial charge < -0.3 is 0 Å². The largest absolute Gasteiger partial charge is 0.282 e. The first kappa shape index (κ1) is 23.5. The van der Waals surface area contributed by atoms with Crippen molar-refractivity contribution in [1.29, 1.82) is 0 Å². The van der Waals surface area contributed by atoms with Crippen LogP contribution in [0.5, 0.6) is 0 Å². The van der Waals surface area contributed by atoms with Gasteiger partial charge in [0, 0.05) is 17.9 Å². The van der Waals surface area contributed by atoms with Crippen LogP contribution < -0.4 is 0 Å². The van der Waals surface area contributed by atoms with Gasteiger partial charge >= 0.3 is 0 Å². The van der Waals surface area contributed by atoms with Crippen LogP contribution >= 0.6 is 0 Å². The third-order valence-electron chi connectivity index (χ3n) is 4.53. The lowest BCUT2D eigenvalue weighted by atomic mass is 9.96. The first-order valence-corrected chi connectivity index (χ1v) is 11.0. The van der Waals surface area contributed by atoms with E-state index in [0.29, 0.717) is 5.92 Å². The molecule has 0 radical (unpaired) electrons. The standard InChI is InChI=1S/C9H14N2.C8H12N2.C4H10.C2H6/c1-7(2)9-6-8-4-3-5-11(8)10-9;1-6-7-4-2-3-5-8(7)10-9-6;1-4(2)3;1-2/h6-7H,3-5H2,1-2H3;2-5H2,1H3,(H,9,10);4H,1-3H3;1-2H3. The fourth-order valence-electron chi connectivity index (χ4n) is 3.20. The maximum Gasteiger partial charge on any atom is 0.0656 e. The van der Waals surface area contributed by atoms with Gasteiger partial charge in [-0.3, -0.25) is 9.78 Å². The van der Waals surface area contributed by atoms with Crippen molar-refractivity contribution < 1.29 is 0 Å². The molecule has 0 spiro atoms. The van der Waals surface area contributed by atoms with Crippen molar-refractivity contribution in [1.82, 2.24) is 20.0 Å². The van der Waals surface area contributed by atoms with Gasteiger partial charge in [-0.2, -0.15) is 10.2 Å². The van der Waals surface area contributed by atoms with E-state index in [2.05, 4.69) is 67.6 Å². The maximum absolute atomic E-state index is 4.51. The number of aryl methyl sites for hydroxylation is 4. The van der Waals surface area contributed by atoms with Gasteiger partial charge in [0.2, 0.25) is 0 Å². The molecule has 0 unspecified atom stereocenters. The molecule has 4 rings (SSSR count). The normalized spacial score (nSPS) is 14.3. The predicted molar refractivity (Wildman–Crippen MR) is 116 cm³/mol. The Kier molecular flexibility index (Phi) is 10.4. The van der Waals surface area contributed by atoms with Crippen molar-refractivity contribution in [2.75, 3.05) is 0 Å². The van der Waals surface area contributed by atoms with Crippen molar-refractivity contribution in [3.8, 4) is 0 Å². The van der Waals surface area contributed by atoms with Crippen LogP contribution in [0.25, 0.3) is 0 Å². The third-order valence-corrected chi connectivity index (χ3v) is 4.53. The topological polar surface area (TPSA) is 46.5 Å². The molecule has 1 N–H and O–H groups in total. The Hall–Kier alpha value is -1.58. The lowest BCUT2D eigenvalue weighted by Crippen LogP contribution is -2.00. The summed E-state index contributed by atoms with van der Waals surface area (Å²) in [7, 11) is 0. The molecule has 2 aliphatic rings. The van der Waals surface area contributed by atoms with Crippen molar-refractivity contribution in [3.63, 3.8) is 0 Å². The molecule has 1 aliphatic carbocycles. The van der Waals surface area contributed by atoms with Gasteiger partial charge in [0.1, 0.15) is 0 Å². The van der Waals surface area contributed by atoms with Crippen molar-refractivity contribution in [2.24, 2.45) is 5.92 Å². The molecule has 154 valence electrons. The van der Waals surface area contributed by atoms with E-state index in [9.17, 15) is 0 Å². The summed E-state index contributed by atoms with van der Waals surface area (Å²) < 4.78 is 2.15. The second-order valence-electron chi connectivity index (χ2n) is 8.25. The van der Waals surface area contributed by atoms with Gasteiger partial charge in [-0.1, -0.05) is 48.5 Å². The van der Waals surface area contributed by atoms with Gasteiger partial charge in [-0.15, -0.1) is 0 Å². The Morgan fingerprint density at radius 1 is 0.963 bits per heavy atom. The number of nitrogens with one attached hydrogen (secondary N) is 1. The zero-order chi connectivity index (χ0) is 20.4. The van der Waals surface area contributed by atoms with Crippen LogP contribution in [0, 0.1) is 12.8 Å². The summed E-state index contributed by atoms with van der Waals surface area (Å²) in [5.74, 6) is 1.41. The number of H-pyrrole nitrogens is 1. The number of aromatic amines is 1. The summed E-state index contributed by atoms with van der Waals surface area (Å²) >= 11 is 0. The Labute approximate surface area is 167 Å².